The Bertz CT molecular complexity index is 716. The molecule has 2 aromatic carbocycles. The number of hydrogen-bond acceptors (Lipinski definition) is 3. The summed E-state index contributed by atoms with van der Waals surface area (Å²) in [5.74, 6) is 1.71. The summed E-state index contributed by atoms with van der Waals surface area (Å²) >= 11 is 0. The molecule has 3 N–H and O–H groups in total. The average Bonchev–Trinajstić information content (AvgIpc) is 2.66. The van der Waals surface area contributed by atoms with Gasteiger partial charge in [-0.05, 0) is 37.1 Å². The Morgan fingerprint density at radius 3 is 2.50 bits per heavy atom. The van der Waals surface area contributed by atoms with Crippen LogP contribution in [0, 0.1) is 0 Å². The van der Waals surface area contributed by atoms with Gasteiger partial charge in [-0.2, -0.15) is 0 Å². The maximum absolute atomic E-state index is 9.90. The molecule has 0 radical (unpaired) electrons. The maximum atomic E-state index is 9.90. The first-order valence-corrected chi connectivity index (χ1v) is 9.00. The Kier molecular flexibility index (Phi) is 7.33. The number of hydrogen-bond donors (Lipinski definition) is 3. The minimum Gasteiger partial charge on any atom is -0.504 e. The summed E-state index contributed by atoms with van der Waals surface area (Å²) in [6, 6.07) is 16.0. The van der Waals surface area contributed by atoms with Gasteiger partial charge in [0.25, 0.3) is 0 Å². The fraction of sp³-hybridized carbons (Fsp3) is 0.381. The van der Waals surface area contributed by atoms with Crippen LogP contribution >= 0.6 is 0 Å². The lowest BCUT2D eigenvalue weighted by atomic mass is 9.94. The van der Waals surface area contributed by atoms with E-state index in [1.54, 1.807) is 12.1 Å². The van der Waals surface area contributed by atoms with Crippen molar-refractivity contribution in [3.8, 4) is 11.5 Å². The molecule has 5 nitrogen and oxygen atoms in total. The number of guanidine groups is 1. The van der Waals surface area contributed by atoms with E-state index >= 15 is 0 Å². The summed E-state index contributed by atoms with van der Waals surface area (Å²) in [6.45, 7) is 7.66. The molecule has 0 aliphatic carbocycles. The predicted octanol–water partition coefficient (Wildman–Crippen LogP) is 3.65. The first-order chi connectivity index (χ1) is 12.5. The lowest BCUT2D eigenvalue weighted by Crippen LogP contribution is -2.44. The van der Waals surface area contributed by atoms with E-state index in [0.29, 0.717) is 18.2 Å². The highest BCUT2D eigenvalue weighted by molar-refractivity contribution is 5.80. The van der Waals surface area contributed by atoms with Crippen molar-refractivity contribution in [3.05, 3.63) is 59.7 Å². The van der Waals surface area contributed by atoms with Crippen LogP contribution in [0.3, 0.4) is 0 Å². The third-order valence-corrected chi connectivity index (χ3v) is 4.45. The number of aromatic hydroxyl groups is 1. The molecule has 0 aromatic heterocycles. The van der Waals surface area contributed by atoms with Gasteiger partial charge in [0.1, 0.15) is 0 Å². The molecule has 0 spiro atoms. The minimum absolute atomic E-state index is 0.129. The van der Waals surface area contributed by atoms with Crippen LogP contribution in [0.5, 0.6) is 11.5 Å². The zero-order chi connectivity index (χ0) is 18.9. The number of aliphatic imine (C=N–C) groups is 1. The highest BCUT2D eigenvalue weighted by Crippen LogP contribution is 2.26. The predicted molar refractivity (Wildman–Crippen MR) is 107 cm³/mol. The number of nitrogens with one attached hydrogen (secondary N) is 2. The van der Waals surface area contributed by atoms with Crippen LogP contribution in [0.2, 0.25) is 0 Å². The SMILES string of the molecule is CCNC(=NCc1ccc(OC)c(O)c1)NC(C)C(C)c1ccccc1. The summed E-state index contributed by atoms with van der Waals surface area (Å²) in [6.07, 6.45) is 0. The Balaban J connectivity index is 2.05. The summed E-state index contributed by atoms with van der Waals surface area (Å²) in [5, 5.41) is 16.7. The van der Waals surface area contributed by atoms with Crippen molar-refractivity contribution in [3.63, 3.8) is 0 Å². The molecule has 0 aliphatic rings. The van der Waals surface area contributed by atoms with Crippen LogP contribution in [-0.2, 0) is 6.54 Å². The van der Waals surface area contributed by atoms with E-state index in [1.165, 1.54) is 12.7 Å². The molecule has 2 aromatic rings. The van der Waals surface area contributed by atoms with Gasteiger partial charge >= 0.3 is 0 Å². The van der Waals surface area contributed by atoms with Gasteiger partial charge < -0.3 is 20.5 Å². The van der Waals surface area contributed by atoms with Crippen LogP contribution < -0.4 is 15.4 Å². The van der Waals surface area contributed by atoms with Gasteiger partial charge in [-0.3, -0.25) is 0 Å². The molecule has 2 unspecified atom stereocenters. The molecule has 0 fully saturated rings. The third-order valence-electron chi connectivity index (χ3n) is 4.45. The van der Waals surface area contributed by atoms with Crippen molar-refractivity contribution < 1.29 is 9.84 Å². The second-order valence-electron chi connectivity index (χ2n) is 6.33. The quantitative estimate of drug-likeness (QED) is 0.524. The number of ether oxygens (including phenoxy) is 1. The number of rotatable bonds is 7. The lowest BCUT2D eigenvalue weighted by Gasteiger charge is -2.24. The van der Waals surface area contributed by atoms with Gasteiger partial charge in [0.15, 0.2) is 17.5 Å². The Morgan fingerprint density at radius 2 is 1.88 bits per heavy atom. The fourth-order valence-corrected chi connectivity index (χ4v) is 2.71. The monoisotopic (exact) mass is 355 g/mol. The molecular formula is C21H29N3O2. The van der Waals surface area contributed by atoms with Gasteiger partial charge in [0.2, 0.25) is 0 Å². The molecule has 0 amide bonds. The van der Waals surface area contributed by atoms with Gasteiger partial charge in [-0.15, -0.1) is 0 Å². The third kappa shape index (κ3) is 5.41. The average molecular weight is 355 g/mol. The largest absolute Gasteiger partial charge is 0.504 e. The van der Waals surface area contributed by atoms with Crippen molar-refractivity contribution in [2.45, 2.75) is 39.3 Å². The highest BCUT2D eigenvalue weighted by Gasteiger charge is 2.15. The molecule has 0 heterocycles. The molecule has 26 heavy (non-hydrogen) atoms. The van der Waals surface area contributed by atoms with Crippen LogP contribution in [0.25, 0.3) is 0 Å². The standard InChI is InChI=1S/C21H29N3O2/c1-5-22-21(23-14-17-11-12-20(26-4)19(25)13-17)24-16(3)15(2)18-9-7-6-8-10-18/h6-13,15-16,25H,5,14H2,1-4H3,(H2,22,23,24). The van der Waals surface area contributed by atoms with Crippen molar-refractivity contribution in [2.24, 2.45) is 4.99 Å². The Labute approximate surface area is 156 Å². The van der Waals surface area contributed by atoms with E-state index in [-0.39, 0.29) is 11.8 Å². The number of phenols is 1. The smallest absolute Gasteiger partial charge is 0.191 e. The maximum Gasteiger partial charge on any atom is 0.191 e. The summed E-state index contributed by atoms with van der Waals surface area (Å²) < 4.78 is 5.07. The van der Waals surface area contributed by atoms with Crippen molar-refractivity contribution >= 4 is 5.96 Å². The van der Waals surface area contributed by atoms with E-state index in [2.05, 4.69) is 53.7 Å². The second-order valence-corrected chi connectivity index (χ2v) is 6.33. The van der Waals surface area contributed by atoms with Gasteiger partial charge in [-0.25, -0.2) is 4.99 Å². The first kappa shape index (κ1) is 19.6. The number of phenolic OH excluding ortho intramolecular Hbond substituents is 1. The van der Waals surface area contributed by atoms with E-state index in [1.807, 2.05) is 19.1 Å². The van der Waals surface area contributed by atoms with E-state index in [9.17, 15) is 5.11 Å². The number of benzene rings is 2. The van der Waals surface area contributed by atoms with Crippen LogP contribution in [0.4, 0.5) is 0 Å². The van der Waals surface area contributed by atoms with Gasteiger partial charge in [0.05, 0.1) is 13.7 Å². The number of nitrogens with zero attached hydrogens (tertiary/aromatic N) is 1. The van der Waals surface area contributed by atoms with Crippen molar-refractivity contribution in [2.75, 3.05) is 13.7 Å². The molecule has 0 aliphatic heterocycles. The summed E-state index contributed by atoms with van der Waals surface area (Å²) in [4.78, 5) is 4.64. The Hall–Kier alpha value is -2.69. The zero-order valence-electron chi connectivity index (χ0n) is 16.0. The molecule has 0 saturated heterocycles. The highest BCUT2D eigenvalue weighted by atomic mass is 16.5. The van der Waals surface area contributed by atoms with Crippen LogP contribution in [0.1, 0.15) is 37.8 Å². The normalized spacial score (nSPS) is 13.8. The molecule has 2 atom stereocenters. The van der Waals surface area contributed by atoms with E-state index in [0.717, 1.165) is 18.1 Å². The van der Waals surface area contributed by atoms with Gasteiger partial charge in [0, 0.05) is 18.5 Å². The summed E-state index contributed by atoms with van der Waals surface area (Å²) in [5.41, 5.74) is 2.22. The molecule has 0 saturated carbocycles. The van der Waals surface area contributed by atoms with E-state index < -0.39 is 0 Å². The first-order valence-electron chi connectivity index (χ1n) is 9.00. The molecule has 5 heteroatoms. The summed E-state index contributed by atoms with van der Waals surface area (Å²) in [7, 11) is 1.54. The van der Waals surface area contributed by atoms with Crippen molar-refractivity contribution in [1.82, 2.24) is 10.6 Å². The minimum atomic E-state index is 0.129. The molecule has 2 rings (SSSR count). The lowest BCUT2D eigenvalue weighted by molar-refractivity contribution is 0.373. The number of methoxy groups -OCH3 is 1. The second kappa shape index (κ2) is 9.70. The molecular weight excluding hydrogens is 326 g/mol. The molecule has 140 valence electrons. The van der Waals surface area contributed by atoms with Crippen LogP contribution in [0.15, 0.2) is 53.5 Å². The Morgan fingerprint density at radius 1 is 1.15 bits per heavy atom. The topological polar surface area (TPSA) is 65.9 Å². The van der Waals surface area contributed by atoms with Crippen molar-refractivity contribution in [1.29, 1.82) is 0 Å². The van der Waals surface area contributed by atoms with Gasteiger partial charge in [-0.1, -0.05) is 43.3 Å². The van der Waals surface area contributed by atoms with Crippen LogP contribution in [-0.4, -0.2) is 30.8 Å². The molecule has 0 bridgehead atoms. The van der Waals surface area contributed by atoms with E-state index in [4.69, 9.17) is 4.74 Å². The fourth-order valence-electron chi connectivity index (χ4n) is 2.71. The zero-order valence-corrected chi connectivity index (χ0v) is 16.0.